The van der Waals surface area contributed by atoms with Crippen LogP contribution in [0.5, 0.6) is 0 Å². The number of nitrogens with one attached hydrogen (secondary N) is 1. The SMILES string of the molecule is Cc1cc(C)cc(C(C#N)Nc2cccc(Br)c2)c1. The van der Waals surface area contributed by atoms with Crippen molar-refractivity contribution in [2.75, 3.05) is 5.32 Å². The lowest BCUT2D eigenvalue weighted by molar-refractivity contribution is 0.990. The molecule has 0 amide bonds. The second-order valence-corrected chi connectivity index (χ2v) is 5.55. The summed E-state index contributed by atoms with van der Waals surface area (Å²) >= 11 is 3.43. The fourth-order valence-corrected chi connectivity index (χ4v) is 2.51. The standard InChI is InChI=1S/C16H15BrN2/c1-11-6-12(2)8-13(7-11)16(10-18)19-15-5-3-4-14(17)9-15/h3-9,16,19H,1-2H3. The lowest BCUT2D eigenvalue weighted by Crippen LogP contribution is -2.09. The molecule has 96 valence electrons. The van der Waals surface area contributed by atoms with Gasteiger partial charge in [0, 0.05) is 10.2 Å². The largest absolute Gasteiger partial charge is 0.366 e. The number of benzene rings is 2. The highest BCUT2D eigenvalue weighted by Crippen LogP contribution is 2.23. The van der Waals surface area contributed by atoms with Crippen LogP contribution in [-0.2, 0) is 0 Å². The maximum absolute atomic E-state index is 9.37. The summed E-state index contributed by atoms with van der Waals surface area (Å²) in [6.45, 7) is 4.09. The number of rotatable bonds is 3. The van der Waals surface area contributed by atoms with Gasteiger partial charge in [0.2, 0.25) is 0 Å². The Labute approximate surface area is 122 Å². The van der Waals surface area contributed by atoms with E-state index < -0.39 is 0 Å². The number of nitrogens with zero attached hydrogens (tertiary/aromatic N) is 1. The van der Waals surface area contributed by atoms with Crippen LogP contribution in [0.4, 0.5) is 5.69 Å². The fraction of sp³-hybridized carbons (Fsp3) is 0.188. The average Bonchev–Trinajstić information content (AvgIpc) is 2.34. The van der Waals surface area contributed by atoms with E-state index in [-0.39, 0.29) is 6.04 Å². The van der Waals surface area contributed by atoms with Crippen molar-refractivity contribution in [1.82, 2.24) is 0 Å². The van der Waals surface area contributed by atoms with Crippen molar-refractivity contribution < 1.29 is 0 Å². The molecule has 1 N–H and O–H groups in total. The van der Waals surface area contributed by atoms with E-state index in [4.69, 9.17) is 0 Å². The van der Waals surface area contributed by atoms with E-state index in [2.05, 4.69) is 33.4 Å². The molecule has 2 nitrogen and oxygen atoms in total. The van der Waals surface area contributed by atoms with Crippen LogP contribution in [0.1, 0.15) is 22.7 Å². The normalized spacial score (nSPS) is 11.7. The number of anilines is 1. The topological polar surface area (TPSA) is 35.8 Å². The molecule has 0 fully saturated rings. The first kappa shape index (κ1) is 13.6. The quantitative estimate of drug-likeness (QED) is 0.888. The molecule has 0 aromatic heterocycles. The fourth-order valence-electron chi connectivity index (χ4n) is 2.11. The van der Waals surface area contributed by atoms with Crippen molar-refractivity contribution in [2.24, 2.45) is 0 Å². The molecule has 2 aromatic rings. The third-order valence-corrected chi connectivity index (χ3v) is 3.34. The molecule has 2 aromatic carbocycles. The van der Waals surface area contributed by atoms with Gasteiger partial charge in [-0.1, -0.05) is 51.3 Å². The Hall–Kier alpha value is -1.79. The Bertz CT molecular complexity index is 609. The van der Waals surface area contributed by atoms with Gasteiger partial charge in [-0.2, -0.15) is 5.26 Å². The first-order chi connectivity index (χ1) is 9.08. The van der Waals surface area contributed by atoms with Gasteiger partial charge in [0.15, 0.2) is 0 Å². The molecule has 1 atom stereocenters. The maximum Gasteiger partial charge on any atom is 0.140 e. The zero-order valence-corrected chi connectivity index (χ0v) is 12.5. The van der Waals surface area contributed by atoms with E-state index in [1.165, 1.54) is 11.1 Å². The van der Waals surface area contributed by atoms with E-state index in [0.29, 0.717) is 0 Å². The highest BCUT2D eigenvalue weighted by molar-refractivity contribution is 9.10. The summed E-state index contributed by atoms with van der Waals surface area (Å²) in [5.41, 5.74) is 4.28. The van der Waals surface area contributed by atoms with Crippen molar-refractivity contribution in [3.05, 3.63) is 63.6 Å². The molecule has 0 bridgehead atoms. The van der Waals surface area contributed by atoms with E-state index >= 15 is 0 Å². The van der Waals surface area contributed by atoms with Crippen LogP contribution in [0, 0.1) is 25.2 Å². The summed E-state index contributed by atoms with van der Waals surface area (Å²) in [7, 11) is 0. The van der Waals surface area contributed by atoms with Crippen molar-refractivity contribution in [3.63, 3.8) is 0 Å². The molecule has 1 unspecified atom stereocenters. The van der Waals surface area contributed by atoms with Gasteiger partial charge in [0.05, 0.1) is 6.07 Å². The van der Waals surface area contributed by atoms with Crippen molar-refractivity contribution >= 4 is 21.6 Å². The average molecular weight is 315 g/mol. The third-order valence-electron chi connectivity index (χ3n) is 2.84. The molecule has 0 saturated carbocycles. The minimum absolute atomic E-state index is 0.340. The molecule has 2 rings (SSSR count). The highest BCUT2D eigenvalue weighted by atomic mass is 79.9. The van der Waals surface area contributed by atoms with E-state index in [0.717, 1.165) is 15.7 Å². The zero-order valence-electron chi connectivity index (χ0n) is 10.9. The number of nitriles is 1. The van der Waals surface area contributed by atoms with Gasteiger partial charge in [-0.3, -0.25) is 0 Å². The van der Waals surface area contributed by atoms with Gasteiger partial charge in [-0.15, -0.1) is 0 Å². The van der Waals surface area contributed by atoms with Crippen LogP contribution in [0.2, 0.25) is 0 Å². The minimum atomic E-state index is -0.340. The predicted octanol–water partition coefficient (Wildman–Crippen LogP) is 4.74. The first-order valence-electron chi connectivity index (χ1n) is 6.08. The van der Waals surface area contributed by atoms with Crippen LogP contribution >= 0.6 is 15.9 Å². The second kappa shape index (κ2) is 5.90. The molecule has 0 aliphatic heterocycles. The molecule has 0 radical (unpaired) electrons. The minimum Gasteiger partial charge on any atom is -0.366 e. The van der Waals surface area contributed by atoms with Gasteiger partial charge in [0.1, 0.15) is 6.04 Å². The maximum atomic E-state index is 9.37. The Morgan fingerprint density at radius 1 is 1.11 bits per heavy atom. The number of aryl methyl sites for hydroxylation is 2. The van der Waals surface area contributed by atoms with E-state index in [1.54, 1.807) is 0 Å². The third kappa shape index (κ3) is 3.59. The Kier molecular flexibility index (Phi) is 4.24. The van der Waals surface area contributed by atoms with Gasteiger partial charge >= 0.3 is 0 Å². The van der Waals surface area contributed by atoms with Crippen molar-refractivity contribution in [1.29, 1.82) is 5.26 Å². The number of halogens is 1. The smallest absolute Gasteiger partial charge is 0.140 e. The lowest BCUT2D eigenvalue weighted by atomic mass is 10.0. The van der Waals surface area contributed by atoms with Crippen molar-refractivity contribution in [3.8, 4) is 6.07 Å². The van der Waals surface area contributed by atoms with Crippen LogP contribution in [0.15, 0.2) is 46.9 Å². The van der Waals surface area contributed by atoms with Gasteiger partial charge < -0.3 is 5.32 Å². The van der Waals surface area contributed by atoms with E-state index in [1.807, 2.05) is 50.2 Å². The molecule has 0 aliphatic carbocycles. The summed E-state index contributed by atoms with van der Waals surface area (Å²) in [5.74, 6) is 0. The van der Waals surface area contributed by atoms with Gasteiger partial charge in [-0.25, -0.2) is 0 Å². The Morgan fingerprint density at radius 3 is 2.37 bits per heavy atom. The molecule has 0 aliphatic rings. The molecule has 0 heterocycles. The monoisotopic (exact) mass is 314 g/mol. The van der Waals surface area contributed by atoms with Crippen LogP contribution in [-0.4, -0.2) is 0 Å². The summed E-state index contributed by atoms with van der Waals surface area (Å²) < 4.78 is 0.995. The van der Waals surface area contributed by atoms with Crippen LogP contribution in [0.3, 0.4) is 0 Å². The first-order valence-corrected chi connectivity index (χ1v) is 6.88. The Morgan fingerprint density at radius 2 is 1.79 bits per heavy atom. The molecular formula is C16H15BrN2. The van der Waals surface area contributed by atoms with Crippen LogP contribution in [0.25, 0.3) is 0 Å². The molecular weight excluding hydrogens is 300 g/mol. The molecule has 19 heavy (non-hydrogen) atoms. The Balaban J connectivity index is 2.28. The van der Waals surface area contributed by atoms with Gasteiger partial charge in [0.25, 0.3) is 0 Å². The predicted molar refractivity (Wildman–Crippen MR) is 82.0 cm³/mol. The summed E-state index contributed by atoms with van der Waals surface area (Å²) in [6, 6.07) is 16.0. The number of hydrogen-bond donors (Lipinski definition) is 1. The van der Waals surface area contributed by atoms with Crippen molar-refractivity contribution in [2.45, 2.75) is 19.9 Å². The summed E-state index contributed by atoms with van der Waals surface area (Å²) in [6.07, 6.45) is 0. The second-order valence-electron chi connectivity index (χ2n) is 4.64. The number of hydrogen-bond acceptors (Lipinski definition) is 2. The highest BCUT2D eigenvalue weighted by Gasteiger charge is 2.11. The molecule has 0 saturated heterocycles. The lowest BCUT2D eigenvalue weighted by Gasteiger charge is -2.15. The molecule has 3 heteroatoms. The molecule has 0 spiro atoms. The van der Waals surface area contributed by atoms with Crippen LogP contribution < -0.4 is 5.32 Å². The van der Waals surface area contributed by atoms with Gasteiger partial charge in [-0.05, 0) is 37.6 Å². The summed E-state index contributed by atoms with van der Waals surface area (Å²) in [4.78, 5) is 0. The van der Waals surface area contributed by atoms with E-state index in [9.17, 15) is 5.26 Å². The zero-order chi connectivity index (χ0) is 13.8. The summed E-state index contributed by atoms with van der Waals surface area (Å²) in [5, 5.41) is 12.6.